The maximum atomic E-state index is 5.82. The van der Waals surface area contributed by atoms with Gasteiger partial charge in [-0.1, -0.05) is 48.0 Å². The maximum Gasteiger partial charge on any atom is 0.123 e. The average molecular weight is 360 g/mol. The van der Waals surface area contributed by atoms with Crippen molar-refractivity contribution in [2.24, 2.45) is 5.10 Å². The first-order valence-electron chi connectivity index (χ1n) is 8.91. The zero-order chi connectivity index (χ0) is 18.9. The van der Waals surface area contributed by atoms with Crippen molar-refractivity contribution in [1.82, 2.24) is 5.43 Å². The molecule has 0 aliphatic heterocycles. The lowest BCUT2D eigenvalue weighted by Crippen LogP contribution is -2.06. The molecule has 0 heterocycles. The molecule has 0 saturated carbocycles. The van der Waals surface area contributed by atoms with Crippen LogP contribution in [0, 0.1) is 6.92 Å². The van der Waals surface area contributed by atoms with E-state index in [-0.39, 0.29) is 0 Å². The summed E-state index contributed by atoms with van der Waals surface area (Å²) in [5.41, 5.74) is 7.53. The van der Waals surface area contributed by atoms with Crippen LogP contribution in [0.4, 0.5) is 0 Å². The minimum atomic E-state index is 0.564. The SMILES string of the molecule is COc1ccccc1CN/N=C\c1ccc(OCc2ccc(C)cc2)cc1. The van der Waals surface area contributed by atoms with Gasteiger partial charge in [-0.3, -0.25) is 0 Å². The highest BCUT2D eigenvalue weighted by molar-refractivity contribution is 5.79. The normalized spacial score (nSPS) is 10.7. The van der Waals surface area contributed by atoms with Crippen LogP contribution in [0.15, 0.2) is 77.9 Å². The molecular weight excluding hydrogens is 336 g/mol. The maximum absolute atomic E-state index is 5.82. The number of para-hydroxylation sites is 1. The number of hydrogen-bond acceptors (Lipinski definition) is 4. The number of hydrazone groups is 1. The van der Waals surface area contributed by atoms with E-state index >= 15 is 0 Å². The molecule has 0 aliphatic rings. The molecule has 0 saturated heterocycles. The summed E-state index contributed by atoms with van der Waals surface area (Å²) in [5, 5.41) is 4.27. The van der Waals surface area contributed by atoms with Crippen molar-refractivity contribution in [3.63, 3.8) is 0 Å². The van der Waals surface area contributed by atoms with Gasteiger partial charge < -0.3 is 14.9 Å². The Morgan fingerprint density at radius 1 is 0.926 bits per heavy atom. The lowest BCUT2D eigenvalue weighted by atomic mass is 10.2. The molecule has 0 spiro atoms. The van der Waals surface area contributed by atoms with Crippen LogP contribution in [-0.4, -0.2) is 13.3 Å². The Morgan fingerprint density at radius 2 is 1.67 bits per heavy atom. The molecule has 0 aromatic heterocycles. The van der Waals surface area contributed by atoms with Gasteiger partial charge in [-0.15, -0.1) is 0 Å². The minimum absolute atomic E-state index is 0.564. The van der Waals surface area contributed by atoms with Crippen LogP contribution < -0.4 is 14.9 Å². The molecule has 0 fully saturated rings. The van der Waals surface area contributed by atoms with E-state index in [4.69, 9.17) is 9.47 Å². The molecule has 0 radical (unpaired) electrons. The van der Waals surface area contributed by atoms with E-state index in [1.165, 1.54) is 5.56 Å². The van der Waals surface area contributed by atoms with Gasteiger partial charge in [-0.2, -0.15) is 5.10 Å². The van der Waals surface area contributed by atoms with Gasteiger partial charge >= 0.3 is 0 Å². The van der Waals surface area contributed by atoms with Crippen molar-refractivity contribution in [2.75, 3.05) is 7.11 Å². The molecule has 0 aliphatic carbocycles. The van der Waals surface area contributed by atoms with Gasteiger partial charge in [-0.25, -0.2) is 0 Å². The molecule has 1 N–H and O–H groups in total. The number of aryl methyl sites for hydroxylation is 1. The van der Waals surface area contributed by atoms with Crippen LogP contribution in [-0.2, 0) is 13.2 Å². The molecule has 4 nitrogen and oxygen atoms in total. The largest absolute Gasteiger partial charge is 0.496 e. The lowest BCUT2D eigenvalue weighted by molar-refractivity contribution is 0.306. The lowest BCUT2D eigenvalue weighted by Gasteiger charge is -2.07. The van der Waals surface area contributed by atoms with Crippen LogP contribution in [0.2, 0.25) is 0 Å². The van der Waals surface area contributed by atoms with Crippen molar-refractivity contribution in [2.45, 2.75) is 20.1 Å². The minimum Gasteiger partial charge on any atom is -0.496 e. The molecule has 0 bridgehead atoms. The Bertz CT molecular complexity index is 872. The number of benzene rings is 3. The van der Waals surface area contributed by atoms with Gasteiger partial charge in [0.25, 0.3) is 0 Å². The fourth-order valence-corrected chi connectivity index (χ4v) is 2.60. The zero-order valence-corrected chi connectivity index (χ0v) is 15.7. The Morgan fingerprint density at radius 3 is 2.41 bits per heavy atom. The fourth-order valence-electron chi connectivity index (χ4n) is 2.60. The molecule has 0 amide bonds. The molecule has 3 rings (SSSR count). The number of ether oxygens (including phenoxy) is 2. The van der Waals surface area contributed by atoms with E-state index in [1.54, 1.807) is 13.3 Å². The molecule has 0 atom stereocenters. The number of hydrogen-bond donors (Lipinski definition) is 1. The first-order chi connectivity index (χ1) is 13.2. The number of rotatable bonds is 8. The summed E-state index contributed by atoms with van der Waals surface area (Å²) in [6.07, 6.45) is 1.79. The van der Waals surface area contributed by atoms with Crippen LogP contribution in [0.1, 0.15) is 22.3 Å². The fraction of sp³-hybridized carbons (Fsp3) is 0.174. The summed E-state index contributed by atoms with van der Waals surface area (Å²) in [4.78, 5) is 0. The van der Waals surface area contributed by atoms with E-state index in [9.17, 15) is 0 Å². The summed E-state index contributed by atoms with van der Waals surface area (Å²) in [5.74, 6) is 1.70. The van der Waals surface area contributed by atoms with Crippen LogP contribution in [0.5, 0.6) is 11.5 Å². The van der Waals surface area contributed by atoms with Crippen molar-refractivity contribution in [3.05, 3.63) is 95.1 Å². The molecular formula is C23H24N2O2. The highest BCUT2D eigenvalue weighted by Crippen LogP contribution is 2.17. The zero-order valence-electron chi connectivity index (χ0n) is 15.7. The third-order valence-electron chi connectivity index (χ3n) is 4.17. The Hall–Kier alpha value is -3.27. The first kappa shape index (κ1) is 18.5. The Labute approximate surface area is 160 Å². The predicted molar refractivity (Wildman–Crippen MR) is 109 cm³/mol. The van der Waals surface area contributed by atoms with Crippen molar-refractivity contribution in [1.29, 1.82) is 0 Å². The average Bonchev–Trinajstić information content (AvgIpc) is 2.72. The highest BCUT2D eigenvalue weighted by atomic mass is 16.5. The highest BCUT2D eigenvalue weighted by Gasteiger charge is 2.00. The molecule has 138 valence electrons. The second-order valence-corrected chi connectivity index (χ2v) is 6.25. The van der Waals surface area contributed by atoms with Gasteiger partial charge in [0, 0.05) is 5.56 Å². The van der Waals surface area contributed by atoms with E-state index in [1.807, 2.05) is 48.5 Å². The summed E-state index contributed by atoms with van der Waals surface area (Å²) >= 11 is 0. The predicted octanol–water partition coefficient (Wildman–Crippen LogP) is 4.71. The topological polar surface area (TPSA) is 42.8 Å². The standard InChI is InChI=1S/C23H24N2O2/c1-18-7-9-20(10-8-18)17-27-22-13-11-19(12-14-22)15-24-25-16-21-5-3-4-6-23(21)26-2/h3-15,25H,16-17H2,1-2H3/b24-15-. The molecule has 3 aromatic carbocycles. The first-order valence-corrected chi connectivity index (χ1v) is 8.91. The quantitative estimate of drug-likeness (QED) is 0.467. The summed E-state index contributed by atoms with van der Waals surface area (Å²) < 4.78 is 11.2. The van der Waals surface area contributed by atoms with Crippen LogP contribution in [0.3, 0.4) is 0 Å². The van der Waals surface area contributed by atoms with E-state index in [0.717, 1.165) is 28.2 Å². The van der Waals surface area contributed by atoms with Crippen molar-refractivity contribution in [3.8, 4) is 11.5 Å². The van der Waals surface area contributed by atoms with E-state index in [0.29, 0.717) is 13.2 Å². The van der Waals surface area contributed by atoms with Crippen LogP contribution in [0.25, 0.3) is 0 Å². The molecule has 3 aromatic rings. The second-order valence-electron chi connectivity index (χ2n) is 6.25. The second kappa shape index (κ2) is 9.43. The van der Waals surface area contributed by atoms with Gasteiger partial charge in [0.05, 0.1) is 19.9 Å². The Balaban J connectivity index is 1.48. The van der Waals surface area contributed by atoms with Crippen molar-refractivity contribution >= 4 is 6.21 Å². The Kier molecular flexibility index (Phi) is 6.47. The van der Waals surface area contributed by atoms with Gasteiger partial charge in [0.15, 0.2) is 0 Å². The van der Waals surface area contributed by atoms with Gasteiger partial charge in [0.1, 0.15) is 18.1 Å². The molecule has 4 heteroatoms. The van der Waals surface area contributed by atoms with Gasteiger partial charge in [-0.05, 0) is 48.4 Å². The van der Waals surface area contributed by atoms with Crippen LogP contribution >= 0.6 is 0 Å². The smallest absolute Gasteiger partial charge is 0.123 e. The summed E-state index contributed by atoms with van der Waals surface area (Å²) in [6.45, 7) is 3.25. The molecule has 0 unspecified atom stereocenters. The van der Waals surface area contributed by atoms with Crippen molar-refractivity contribution < 1.29 is 9.47 Å². The van der Waals surface area contributed by atoms with E-state index < -0.39 is 0 Å². The summed E-state index contributed by atoms with van der Waals surface area (Å²) in [6, 6.07) is 24.1. The number of nitrogens with one attached hydrogen (secondary N) is 1. The third kappa shape index (κ3) is 5.61. The number of methoxy groups -OCH3 is 1. The monoisotopic (exact) mass is 360 g/mol. The third-order valence-corrected chi connectivity index (χ3v) is 4.17. The number of nitrogens with zero attached hydrogens (tertiary/aromatic N) is 1. The van der Waals surface area contributed by atoms with E-state index in [2.05, 4.69) is 41.7 Å². The molecule has 27 heavy (non-hydrogen) atoms. The summed E-state index contributed by atoms with van der Waals surface area (Å²) in [7, 11) is 1.67. The van der Waals surface area contributed by atoms with Gasteiger partial charge in [0.2, 0.25) is 0 Å².